The van der Waals surface area contributed by atoms with E-state index in [0.717, 1.165) is 16.7 Å². The zero-order chi connectivity index (χ0) is 11.9. The lowest BCUT2D eigenvalue weighted by Crippen LogP contribution is -1.85. The Balaban J connectivity index is 2.36. The molecule has 2 rings (SSSR count). The van der Waals surface area contributed by atoms with Crippen molar-refractivity contribution in [3.8, 4) is 0 Å². The van der Waals surface area contributed by atoms with E-state index in [0.29, 0.717) is 0 Å². The van der Waals surface area contributed by atoms with E-state index in [1.165, 1.54) is 0 Å². The van der Waals surface area contributed by atoms with Crippen molar-refractivity contribution in [2.45, 2.75) is 0 Å². The number of rotatable bonds is 4. The van der Waals surface area contributed by atoms with Gasteiger partial charge in [-0.2, -0.15) is 5.56 Å². The summed E-state index contributed by atoms with van der Waals surface area (Å²) in [5.41, 5.74) is 3.27. The van der Waals surface area contributed by atoms with Crippen LogP contribution in [0.5, 0.6) is 0 Å². The highest BCUT2D eigenvalue weighted by molar-refractivity contribution is 5.73. The van der Waals surface area contributed by atoms with Crippen LogP contribution in [0, 0.1) is 12.5 Å². The van der Waals surface area contributed by atoms with Crippen LogP contribution in [0.4, 0.5) is 0 Å². The van der Waals surface area contributed by atoms with Gasteiger partial charge >= 0.3 is 0 Å². The third-order valence-corrected chi connectivity index (χ3v) is 2.42. The number of allylic oxidation sites excluding steroid dienone is 2. The molecule has 2 aromatic carbocycles. The minimum Gasteiger partial charge on any atom is -0.274 e. The maximum absolute atomic E-state index is 3.75. The van der Waals surface area contributed by atoms with Gasteiger partial charge in [0.15, 0.2) is 0 Å². The van der Waals surface area contributed by atoms with E-state index in [1.807, 2.05) is 55.0 Å². The summed E-state index contributed by atoms with van der Waals surface area (Å²) in [7, 11) is 0. The summed E-state index contributed by atoms with van der Waals surface area (Å²) in [4.78, 5) is 0. The highest BCUT2D eigenvalue weighted by Gasteiger charge is 1.83. The Kier molecular flexibility index (Phi) is 3.82. The standard InChI is InChI=1S/C17H14/c1-2-9-17(16-12-7-4-8-13-16)14-15-10-5-3-6-11-15/h2-13H,1H2/q-2. The first-order valence-corrected chi connectivity index (χ1v) is 5.60. The second-order valence-corrected chi connectivity index (χ2v) is 3.67. The molecule has 0 heteroatoms. The first kappa shape index (κ1) is 11.3. The largest absolute Gasteiger partial charge is 0.274 e. The lowest BCUT2D eigenvalue weighted by atomic mass is 10.00. The monoisotopic (exact) mass is 218 g/mol. The van der Waals surface area contributed by atoms with E-state index in [-0.39, 0.29) is 0 Å². The van der Waals surface area contributed by atoms with E-state index >= 15 is 0 Å². The SMILES string of the molecule is C=C[CH-]C(=[C-]c1ccccc1)c1ccccc1. The summed E-state index contributed by atoms with van der Waals surface area (Å²) >= 11 is 0. The highest BCUT2D eigenvalue weighted by atomic mass is 14.0. The normalized spacial score (nSPS) is 10.9. The summed E-state index contributed by atoms with van der Waals surface area (Å²) in [6, 6.07) is 20.3. The van der Waals surface area contributed by atoms with Crippen molar-refractivity contribution in [3.63, 3.8) is 0 Å². The molecule has 17 heavy (non-hydrogen) atoms. The zero-order valence-electron chi connectivity index (χ0n) is 9.64. The molecule has 0 radical (unpaired) electrons. The molecular formula is C17H14-2. The van der Waals surface area contributed by atoms with Gasteiger partial charge in [-0.3, -0.25) is 11.6 Å². The number of hydrogen-bond donors (Lipinski definition) is 0. The molecule has 0 unspecified atom stereocenters. The van der Waals surface area contributed by atoms with E-state index in [2.05, 4.69) is 24.8 Å². The number of benzene rings is 2. The van der Waals surface area contributed by atoms with Crippen LogP contribution in [0.15, 0.2) is 73.3 Å². The first-order chi connectivity index (χ1) is 8.40. The molecular weight excluding hydrogens is 204 g/mol. The van der Waals surface area contributed by atoms with E-state index in [4.69, 9.17) is 0 Å². The number of hydrogen-bond acceptors (Lipinski definition) is 0. The Morgan fingerprint density at radius 1 is 0.941 bits per heavy atom. The minimum absolute atomic E-state index is 1.05. The molecule has 0 aliphatic heterocycles. The van der Waals surface area contributed by atoms with Crippen LogP contribution in [0.1, 0.15) is 11.1 Å². The van der Waals surface area contributed by atoms with Crippen molar-refractivity contribution in [3.05, 3.63) is 96.9 Å². The molecule has 0 saturated carbocycles. The van der Waals surface area contributed by atoms with Crippen LogP contribution in [-0.2, 0) is 0 Å². The first-order valence-electron chi connectivity index (χ1n) is 5.60. The molecule has 84 valence electrons. The quantitative estimate of drug-likeness (QED) is 0.530. The Morgan fingerprint density at radius 3 is 2.12 bits per heavy atom. The summed E-state index contributed by atoms with van der Waals surface area (Å²) in [5, 5.41) is 0. The van der Waals surface area contributed by atoms with E-state index < -0.39 is 0 Å². The van der Waals surface area contributed by atoms with Gasteiger partial charge in [0.1, 0.15) is 0 Å². The van der Waals surface area contributed by atoms with Crippen molar-refractivity contribution in [1.82, 2.24) is 0 Å². The molecule has 0 aromatic heterocycles. The molecule has 0 fully saturated rings. The maximum Gasteiger partial charge on any atom is -0.0623 e. The van der Waals surface area contributed by atoms with Gasteiger partial charge in [0.05, 0.1) is 0 Å². The zero-order valence-corrected chi connectivity index (χ0v) is 9.64. The highest BCUT2D eigenvalue weighted by Crippen LogP contribution is 2.19. The van der Waals surface area contributed by atoms with Crippen LogP contribution >= 0.6 is 0 Å². The lowest BCUT2D eigenvalue weighted by Gasteiger charge is -2.22. The second-order valence-electron chi connectivity index (χ2n) is 3.67. The second kappa shape index (κ2) is 5.76. The summed E-state index contributed by atoms with van der Waals surface area (Å²) in [6.07, 6.45) is 7.15. The summed E-state index contributed by atoms with van der Waals surface area (Å²) < 4.78 is 0. The smallest absolute Gasteiger partial charge is 0.0623 e. The maximum atomic E-state index is 3.75. The molecule has 0 bridgehead atoms. The molecule has 0 spiro atoms. The van der Waals surface area contributed by atoms with Gasteiger partial charge in [0, 0.05) is 0 Å². The van der Waals surface area contributed by atoms with Crippen molar-refractivity contribution in [1.29, 1.82) is 0 Å². The van der Waals surface area contributed by atoms with Crippen LogP contribution < -0.4 is 0 Å². The molecule has 0 atom stereocenters. The minimum atomic E-state index is 1.05. The van der Waals surface area contributed by atoms with Gasteiger partial charge in [0.25, 0.3) is 0 Å². The third-order valence-electron chi connectivity index (χ3n) is 2.42. The average Bonchev–Trinajstić information content (AvgIpc) is 2.40. The van der Waals surface area contributed by atoms with Crippen molar-refractivity contribution < 1.29 is 0 Å². The van der Waals surface area contributed by atoms with E-state index in [1.54, 1.807) is 6.08 Å². The third kappa shape index (κ3) is 3.12. The molecule has 0 heterocycles. The van der Waals surface area contributed by atoms with Gasteiger partial charge in [-0.1, -0.05) is 48.5 Å². The Morgan fingerprint density at radius 2 is 1.53 bits per heavy atom. The van der Waals surface area contributed by atoms with Crippen molar-refractivity contribution in [2.75, 3.05) is 0 Å². The molecule has 0 aliphatic carbocycles. The molecule has 0 aliphatic rings. The van der Waals surface area contributed by atoms with Crippen LogP contribution in [0.3, 0.4) is 0 Å². The fraction of sp³-hybridized carbons (Fsp3) is 0. The van der Waals surface area contributed by atoms with E-state index in [9.17, 15) is 0 Å². The molecule has 0 amide bonds. The van der Waals surface area contributed by atoms with Gasteiger partial charge < -0.3 is 0 Å². The van der Waals surface area contributed by atoms with Crippen LogP contribution in [-0.4, -0.2) is 0 Å². The van der Waals surface area contributed by atoms with Crippen molar-refractivity contribution in [2.24, 2.45) is 0 Å². The molecule has 0 nitrogen and oxygen atoms in total. The van der Waals surface area contributed by atoms with Gasteiger partial charge in [-0.15, -0.1) is 17.7 Å². The predicted octanol–water partition coefficient (Wildman–Crippen LogP) is 4.31. The summed E-state index contributed by atoms with van der Waals surface area (Å²) in [6.45, 7) is 3.75. The fourth-order valence-electron chi connectivity index (χ4n) is 1.62. The van der Waals surface area contributed by atoms with Crippen LogP contribution in [0.25, 0.3) is 5.57 Å². The molecule has 0 N–H and O–H groups in total. The Bertz CT molecular complexity index is 492. The summed E-state index contributed by atoms with van der Waals surface area (Å²) in [5.74, 6) is 0. The Labute approximate surface area is 103 Å². The van der Waals surface area contributed by atoms with Crippen molar-refractivity contribution >= 4 is 5.57 Å². The van der Waals surface area contributed by atoms with Crippen LogP contribution in [0.2, 0.25) is 0 Å². The Hall–Kier alpha value is -2.21. The molecule has 0 saturated heterocycles. The van der Waals surface area contributed by atoms with Gasteiger partial charge in [-0.05, 0) is 0 Å². The predicted molar refractivity (Wildman–Crippen MR) is 73.1 cm³/mol. The molecule has 2 aromatic rings. The fourth-order valence-corrected chi connectivity index (χ4v) is 1.62. The lowest BCUT2D eigenvalue weighted by molar-refractivity contribution is 1.52. The topological polar surface area (TPSA) is 0 Å². The van der Waals surface area contributed by atoms with Gasteiger partial charge in [-0.25, -0.2) is 19.1 Å². The van der Waals surface area contributed by atoms with Gasteiger partial charge in [0.2, 0.25) is 0 Å². The average molecular weight is 218 g/mol.